The van der Waals surface area contributed by atoms with Crippen molar-refractivity contribution in [1.82, 2.24) is 4.90 Å². The van der Waals surface area contributed by atoms with Crippen LogP contribution in [0.1, 0.15) is 26.7 Å². The molecule has 96 valence electrons. The van der Waals surface area contributed by atoms with Crippen LogP contribution in [0.15, 0.2) is 0 Å². The Labute approximate surface area is 99.1 Å². The van der Waals surface area contributed by atoms with E-state index < -0.39 is 9.84 Å². The van der Waals surface area contributed by atoms with Gasteiger partial charge in [0.15, 0.2) is 9.84 Å². The minimum atomic E-state index is -2.82. The first-order chi connectivity index (χ1) is 7.44. The van der Waals surface area contributed by atoms with Crippen molar-refractivity contribution in [3.8, 4) is 0 Å². The molecular formula is C11H24N2O2S. The van der Waals surface area contributed by atoms with E-state index in [0.29, 0.717) is 18.2 Å². The zero-order valence-electron chi connectivity index (χ0n) is 10.4. The summed E-state index contributed by atoms with van der Waals surface area (Å²) in [5, 5.41) is 0. The Morgan fingerprint density at radius 1 is 1.38 bits per heavy atom. The van der Waals surface area contributed by atoms with Crippen molar-refractivity contribution in [2.24, 2.45) is 11.7 Å². The Kier molecular flexibility index (Phi) is 5.21. The van der Waals surface area contributed by atoms with Crippen molar-refractivity contribution in [3.63, 3.8) is 0 Å². The second kappa shape index (κ2) is 5.98. The van der Waals surface area contributed by atoms with Gasteiger partial charge in [0.2, 0.25) is 0 Å². The first kappa shape index (κ1) is 13.9. The highest BCUT2D eigenvalue weighted by atomic mass is 32.2. The fraction of sp³-hybridized carbons (Fsp3) is 1.00. The van der Waals surface area contributed by atoms with Crippen molar-refractivity contribution in [2.75, 3.05) is 31.1 Å². The molecule has 1 saturated heterocycles. The fourth-order valence-corrected chi connectivity index (χ4v) is 2.94. The Morgan fingerprint density at radius 3 is 2.38 bits per heavy atom. The minimum absolute atomic E-state index is 0.253. The van der Waals surface area contributed by atoms with Gasteiger partial charge in [-0.2, -0.15) is 0 Å². The Hall–Kier alpha value is -0.130. The van der Waals surface area contributed by atoms with Gasteiger partial charge < -0.3 is 10.6 Å². The first-order valence-electron chi connectivity index (χ1n) is 6.13. The molecule has 1 unspecified atom stereocenters. The molecule has 1 heterocycles. The standard InChI is InChI=1S/C11H24N2O2S/c1-3-16(14,15)9-8-13-6-4-11(5-7-13)10(2)12/h10-11H,3-9,12H2,1-2H3. The van der Waals surface area contributed by atoms with Crippen molar-refractivity contribution in [1.29, 1.82) is 0 Å². The fourth-order valence-electron chi connectivity index (χ4n) is 2.11. The summed E-state index contributed by atoms with van der Waals surface area (Å²) in [4.78, 5) is 2.24. The van der Waals surface area contributed by atoms with Crippen LogP contribution < -0.4 is 5.73 Å². The molecule has 0 spiro atoms. The molecule has 0 saturated carbocycles. The first-order valence-corrected chi connectivity index (χ1v) is 7.95. The SMILES string of the molecule is CCS(=O)(=O)CCN1CCC(C(C)N)CC1. The second-order valence-electron chi connectivity index (χ2n) is 4.77. The molecule has 5 heteroatoms. The number of nitrogens with zero attached hydrogens (tertiary/aromatic N) is 1. The molecule has 0 aromatic rings. The maximum Gasteiger partial charge on any atom is 0.151 e. The molecule has 1 aliphatic heterocycles. The normalized spacial score (nSPS) is 22.2. The van der Waals surface area contributed by atoms with E-state index in [2.05, 4.69) is 11.8 Å². The zero-order chi connectivity index (χ0) is 12.2. The predicted octanol–water partition coefficient (Wildman–Crippen LogP) is 0.480. The van der Waals surface area contributed by atoms with Crippen LogP contribution in [0.2, 0.25) is 0 Å². The van der Waals surface area contributed by atoms with Crippen LogP contribution in [0.3, 0.4) is 0 Å². The average Bonchev–Trinajstić information content (AvgIpc) is 2.27. The highest BCUT2D eigenvalue weighted by Gasteiger charge is 2.22. The van der Waals surface area contributed by atoms with Gasteiger partial charge in [-0.05, 0) is 38.8 Å². The summed E-state index contributed by atoms with van der Waals surface area (Å²) < 4.78 is 22.7. The van der Waals surface area contributed by atoms with Crippen LogP contribution in [-0.2, 0) is 9.84 Å². The summed E-state index contributed by atoms with van der Waals surface area (Å²) in [6.07, 6.45) is 2.20. The van der Waals surface area contributed by atoms with Crippen molar-refractivity contribution >= 4 is 9.84 Å². The number of sulfone groups is 1. The zero-order valence-corrected chi connectivity index (χ0v) is 11.2. The van der Waals surface area contributed by atoms with Crippen LogP contribution >= 0.6 is 0 Å². The lowest BCUT2D eigenvalue weighted by atomic mass is 9.91. The summed E-state index contributed by atoms with van der Waals surface area (Å²) in [6, 6.07) is 0.265. The summed E-state index contributed by atoms with van der Waals surface area (Å²) in [5.74, 6) is 1.16. The van der Waals surface area contributed by atoms with Gasteiger partial charge in [0, 0.05) is 18.3 Å². The van der Waals surface area contributed by atoms with Gasteiger partial charge in [0.25, 0.3) is 0 Å². The molecule has 1 rings (SSSR count). The quantitative estimate of drug-likeness (QED) is 0.768. The smallest absolute Gasteiger partial charge is 0.151 e. The summed E-state index contributed by atoms with van der Waals surface area (Å²) >= 11 is 0. The molecule has 0 amide bonds. The molecule has 4 nitrogen and oxygen atoms in total. The van der Waals surface area contributed by atoms with Gasteiger partial charge >= 0.3 is 0 Å². The number of hydrogen-bond donors (Lipinski definition) is 1. The Bertz CT molecular complexity index is 293. The van der Waals surface area contributed by atoms with Gasteiger partial charge in [-0.3, -0.25) is 0 Å². The lowest BCUT2D eigenvalue weighted by Gasteiger charge is -2.33. The number of piperidine rings is 1. The summed E-state index contributed by atoms with van der Waals surface area (Å²) in [6.45, 7) is 6.43. The maximum atomic E-state index is 11.4. The third kappa shape index (κ3) is 4.39. The van der Waals surface area contributed by atoms with Gasteiger partial charge in [0.1, 0.15) is 0 Å². The van der Waals surface area contributed by atoms with Crippen LogP contribution in [0.4, 0.5) is 0 Å². The van der Waals surface area contributed by atoms with Crippen LogP contribution in [0.5, 0.6) is 0 Å². The molecule has 0 aromatic carbocycles. The number of rotatable bonds is 5. The molecule has 0 bridgehead atoms. The van der Waals surface area contributed by atoms with Gasteiger partial charge in [0.05, 0.1) is 5.75 Å². The molecular weight excluding hydrogens is 224 g/mol. The van der Waals surface area contributed by atoms with E-state index >= 15 is 0 Å². The van der Waals surface area contributed by atoms with E-state index in [1.807, 2.05) is 0 Å². The maximum absolute atomic E-state index is 11.4. The molecule has 1 fully saturated rings. The number of nitrogens with two attached hydrogens (primary N) is 1. The highest BCUT2D eigenvalue weighted by molar-refractivity contribution is 7.91. The predicted molar refractivity (Wildman–Crippen MR) is 67.1 cm³/mol. The third-order valence-corrected chi connectivity index (χ3v) is 5.22. The largest absolute Gasteiger partial charge is 0.328 e. The average molecular weight is 248 g/mol. The van der Waals surface area contributed by atoms with Crippen molar-refractivity contribution in [3.05, 3.63) is 0 Å². The minimum Gasteiger partial charge on any atom is -0.328 e. The summed E-state index contributed by atoms with van der Waals surface area (Å²) in [5.41, 5.74) is 5.86. The van der Waals surface area contributed by atoms with E-state index in [4.69, 9.17) is 5.73 Å². The lowest BCUT2D eigenvalue weighted by molar-refractivity contribution is 0.180. The molecule has 0 radical (unpaired) electrons. The summed E-state index contributed by atoms with van der Waals surface area (Å²) in [7, 11) is -2.82. The molecule has 2 N–H and O–H groups in total. The van der Waals surface area contributed by atoms with Gasteiger partial charge in [-0.1, -0.05) is 6.92 Å². The molecule has 1 atom stereocenters. The van der Waals surface area contributed by atoms with Crippen LogP contribution in [0.25, 0.3) is 0 Å². The van der Waals surface area contributed by atoms with Crippen LogP contribution in [-0.4, -0.2) is 50.5 Å². The Morgan fingerprint density at radius 2 is 1.94 bits per heavy atom. The lowest BCUT2D eigenvalue weighted by Crippen LogP contribution is -2.41. The number of hydrogen-bond acceptors (Lipinski definition) is 4. The van der Waals surface area contributed by atoms with Gasteiger partial charge in [-0.15, -0.1) is 0 Å². The molecule has 1 aliphatic rings. The van der Waals surface area contributed by atoms with E-state index in [0.717, 1.165) is 25.9 Å². The van der Waals surface area contributed by atoms with Crippen molar-refractivity contribution < 1.29 is 8.42 Å². The van der Waals surface area contributed by atoms with E-state index in [-0.39, 0.29) is 11.8 Å². The monoisotopic (exact) mass is 248 g/mol. The van der Waals surface area contributed by atoms with E-state index in [1.165, 1.54) is 0 Å². The second-order valence-corrected chi connectivity index (χ2v) is 7.25. The molecule has 0 aromatic heterocycles. The molecule has 0 aliphatic carbocycles. The van der Waals surface area contributed by atoms with Crippen molar-refractivity contribution in [2.45, 2.75) is 32.7 Å². The molecule has 16 heavy (non-hydrogen) atoms. The topological polar surface area (TPSA) is 63.4 Å². The Balaban J connectivity index is 2.28. The van der Waals surface area contributed by atoms with Crippen LogP contribution in [0, 0.1) is 5.92 Å². The highest BCUT2D eigenvalue weighted by Crippen LogP contribution is 2.19. The van der Waals surface area contributed by atoms with E-state index in [1.54, 1.807) is 6.92 Å². The number of likely N-dealkylation sites (tertiary alicyclic amines) is 1. The van der Waals surface area contributed by atoms with Gasteiger partial charge in [-0.25, -0.2) is 8.42 Å². The third-order valence-electron chi connectivity index (χ3n) is 3.53. The van der Waals surface area contributed by atoms with E-state index in [9.17, 15) is 8.42 Å².